The molecule has 35 heavy (non-hydrogen) atoms. The quantitative estimate of drug-likeness (QED) is 0.679. The standard InChI is InChI=1S/C27H32N4O4/c32-23-17-21(27(35-23)9-2-1-3-10-27)25(34)30-15-11-26(12-16-30)18-22(26)24(33)29-19-5-7-20(8-6-19)31-14-4-13-28-31/h4-8,13-14,21-22H,1-3,9-12,15-18H2,(H,29,33)/t21-,22-/m1/s1. The predicted molar refractivity (Wildman–Crippen MR) is 129 cm³/mol. The Labute approximate surface area is 205 Å². The van der Waals surface area contributed by atoms with Crippen LogP contribution in [-0.2, 0) is 19.1 Å². The fourth-order valence-electron chi connectivity index (χ4n) is 6.62. The molecule has 8 nitrogen and oxygen atoms in total. The van der Waals surface area contributed by atoms with Crippen LogP contribution in [-0.4, -0.2) is 51.2 Å². The Hall–Kier alpha value is -3.16. The van der Waals surface area contributed by atoms with Crippen LogP contribution in [0.4, 0.5) is 5.69 Å². The third kappa shape index (κ3) is 4.02. The van der Waals surface area contributed by atoms with Crippen LogP contribution >= 0.6 is 0 Å². The highest BCUT2D eigenvalue weighted by molar-refractivity contribution is 5.95. The number of nitrogens with one attached hydrogen (secondary N) is 1. The summed E-state index contributed by atoms with van der Waals surface area (Å²) in [7, 11) is 0. The Bertz CT molecular complexity index is 1110. The van der Waals surface area contributed by atoms with Gasteiger partial charge >= 0.3 is 5.97 Å². The Morgan fingerprint density at radius 3 is 2.43 bits per heavy atom. The summed E-state index contributed by atoms with van der Waals surface area (Å²) in [5.41, 5.74) is 1.15. The number of benzene rings is 1. The normalized spacial score (nSPS) is 26.5. The van der Waals surface area contributed by atoms with Crippen LogP contribution < -0.4 is 5.32 Å². The number of amides is 2. The number of piperidine rings is 1. The molecule has 2 saturated carbocycles. The van der Waals surface area contributed by atoms with Gasteiger partial charge in [0.15, 0.2) is 0 Å². The van der Waals surface area contributed by atoms with Gasteiger partial charge in [0.1, 0.15) is 5.60 Å². The maximum atomic E-state index is 13.4. The highest BCUT2D eigenvalue weighted by atomic mass is 16.6. The minimum Gasteiger partial charge on any atom is -0.458 e. The molecule has 184 valence electrons. The smallest absolute Gasteiger partial charge is 0.307 e. The van der Waals surface area contributed by atoms with E-state index in [4.69, 9.17) is 4.74 Å². The van der Waals surface area contributed by atoms with Gasteiger partial charge in [0.05, 0.1) is 18.0 Å². The molecular weight excluding hydrogens is 444 g/mol. The number of rotatable bonds is 4. The molecule has 8 heteroatoms. The number of likely N-dealkylation sites (tertiary alicyclic amines) is 1. The summed E-state index contributed by atoms with van der Waals surface area (Å²) in [6, 6.07) is 9.54. The average Bonchev–Trinajstić information content (AvgIpc) is 3.19. The van der Waals surface area contributed by atoms with Crippen LogP contribution in [0.25, 0.3) is 5.69 Å². The predicted octanol–water partition coefficient (Wildman–Crippen LogP) is 3.71. The summed E-state index contributed by atoms with van der Waals surface area (Å²) in [6.07, 6.45) is 11.2. The van der Waals surface area contributed by atoms with Crippen LogP contribution in [0.3, 0.4) is 0 Å². The molecule has 0 unspecified atom stereocenters. The first-order valence-corrected chi connectivity index (χ1v) is 12.9. The highest BCUT2D eigenvalue weighted by Crippen LogP contribution is 2.60. The van der Waals surface area contributed by atoms with E-state index in [0.717, 1.165) is 62.7 Å². The zero-order chi connectivity index (χ0) is 24.0. The Morgan fingerprint density at radius 2 is 1.74 bits per heavy atom. The molecule has 3 heterocycles. The third-order valence-electron chi connectivity index (χ3n) is 8.80. The van der Waals surface area contributed by atoms with E-state index in [1.54, 1.807) is 10.9 Å². The van der Waals surface area contributed by atoms with Crippen molar-refractivity contribution in [2.24, 2.45) is 17.3 Å². The molecule has 6 rings (SSSR count). The number of ether oxygens (including phenoxy) is 1. The van der Waals surface area contributed by atoms with E-state index >= 15 is 0 Å². The van der Waals surface area contributed by atoms with Gasteiger partial charge in [0, 0.05) is 37.1 Å². The molecule has 2 amide bonds. The fourth-order valence-corrected chi connectivity index (χ4v) is 6.62. The van der Waals surface area contributed by atoms with Gasteiger partial charge in [-0.3, -0.25) is 14.4 Å². The zero-order valence-corrected chi connectivity index (χ0v) is 19.9. The van der Waals surface area contributed by atoms with Crippen molar-refractivity contribution in [3.8, 4) is 5.69 Å². The summed E-state index contributed by atoms with van der Waals surface area (Å²) < 4.78 is 7.53. The van der Waals surface area contributed by atoms with Crippen molar-refractivity contribution in [3.05, 3.63) is 42.7 Å². The molecule has 2 atom stereocenters. The van der Waals surface area contributed by atoms with Crippen molar-refractivity contribution >= 4 is 23.5 Å². The van der Waals surface area contributed by atoms with Gasteiger partial charge in [-0.25, -0.2) is 4.68 Å². The first-order valence-electron chi connectivity index (χ1n) is 12.9. The van der Waals surface area contributed by atoms with E-state index in [0.29, 0.717) is 13.1 Å². The minimum atomic E-state index is -0.573. The van der Waals surface area contributed by atoms with Crippen LogP contribution in [0.15, 0.2) is 42.7 Å². The number of nitrogens with zero attached hydrogens (tertiary/aromatic N) is 3. The maximum absolute atomic E-state index is 13.4. The van der Waals surface area contributed by atoms with Crippen molar-refractivity contribution in [2.45, 2.75) is 63.4 Å². The lowest BCUT2D eigenvalue weighted by Crippen LogP contribution is -2.49. The van der Waals surface area contributed by atoms with Crippen molar-refractivity contribution in [3.63, 3.8) is 0 Å². The highest BCUT2D eigenvalue weighted by Gasteiger charge is 2.60. The van der Waals surface area contributed by atoms with Gasteiger partial charge in [0.25, 0.3) is 0 Å². The number of hydrogen-bond acceptors (Lipinski definition) is 5. The Kier molecular flexibility index (Phi) is 5.42. The van der Waals surface area contributed by atoms with Crippen molar-refractivity contribution in [1.29, 1.82) is 0 Å². The number of aromatic nitrogens is 2. The molecule has 1 aromatic carbocycles. The summed E-state index contributed by atoms with van der Waals surface area (Å²) >= 11 is 0. The van der Waals surface area contributed by atoms with Gasteiger partial charge in [-0.15, -0.1) is 0 Å². The lowest BCUT2D eigenvalue weighted by molar-refractivity contribution is -0.156. The molecule has 1 aromatic heterocycles. The number of anilines is 1. The molecule has 0 radical (unpaired) electrons. The minimum absolute atomic E-state index is 0.000382. The van der Waals surface area contributed by atoms with Gasteiger partial charge in [-0.2, -0.15) is 5.10 Å². The molecule has 2 aliphatic carbocycles. The summed E-state index contributed by atoms with van der Waals surface area (Å²) in [5, 5.41) is 7.29. The van der Waals surface area contributed by atoms with Crippen molar-refractivity contribution in [1.82, 2.24) is 14.7 Å². The van der Waals surface area contributed by atoms with Crippen molar-refractivity contribution in [2.75, 3.05) is 18.4 Å². The monoisotopic (exact) mass is 476 g/mol. The van der Waals surface area contributed by atoms with Gasteiger partial charge < -0.3 is 15.0 Å². The summed E-state index contributed by atoms with van der Waals surface area (Å²) in [4.78, 5) is 40.4. The molecule has 1 N–H and O–H groups in total. The van der Waals surface area contributed by atoms with Crippen LogP contribution in [0.5, 0.6) is 0 Å². The Morgan fingerprint density at radius 1 is 1.00 bits per heavy atom. The lowest BCUT2D eigenvalue weighted by atomic mass is 9.75. The van der Waals surface area contributed by atoms with Crippen LogP contribution in [0.1, 0.15) is 57.8 Å². The zero-order valence-electron chi connectivity index (χ0n) is 19.9. The Balaban J connectivity index is 1.04. The first kappa shape index (κ1) is 22.3. The van der Waals surface area contributed by atoms with E-state index < -0.39 is 5.60 Å². The van der Waals surface area contributed by atoms with E-state index in [1.807, 2.05) is 41.4 Å². The SMILES string of the molecule is O=C1C[C@H](C(=O)N2CCC3(CC2)C[C@@H]3C(=O)Nc2ccc(-n3cccn3)cc2)C2(CCCCC2)O1. The van der Waals surface area contributed by atoms with Crippen molar-refractivity contribution < 1.29 is 19.1 Å². The van der Waals surface area contributed by atoms with Gasteiger partial charge in [0.2, 0.25) is 11.8 Å². The lowest BCUT2D eigenvalue weighted by Gasteiger charge is -2.40. The number of esters is 1. The summed E-state index contributed by atoms with van der Waals surface area (Å²) in [6.45, 7) is 1.31. The third-order valence-corrected chi connectivity index (χ3v) is 8.80. The largest absolute Gasteiger partial charge is 0.458 e. The average molecular weight is 477 g/mol. The maximum Gasteiger partial charge on any atom is 0.307 e. The fraction of sp³-hybridized carbons (Fsp3) is 0.556. The van der Waals surface area contributed by atoms with E-state index in [-0.39, 0.29) is 41.5 Å². The second-order valence-corrected chi connectivity index (χ2v) is 10.8. The molecule has 2 spiro atoms. The van der Waals surface area contributed by atoms with E-state index in [2.05, 4.69) is 10.4 Å². The topological polar surface area (TPSA) is 93.5 Å². The van der Waals surface area contributed by atoms with Crippen LogP contribution in [0.2, 0.25) is 0 Å². The number of carbonyl (C=O) groups is 3. The van der Waals surface area contributed by atoms with E-state index in [9.17, 15) is 14.4 Å². The van der Waals surface area contributed by atoms with Gasteiger partial charge in [-0.05, 0) is 80.7 Å². The molecule has 0 bridgehead atoms. The molecule has 2 aliphatic heterocycles. The second-order valence-electron chi connectivity index (χ2n) is 10.8. The number of carbonyl (C=O) groups excluding carboxylic acids is 3. The van der Waals surface area contributed by atoms with Crippen LogP contribution in [0, 0.1) is 17.3 Å². The molecule has 2 aromatic rings. The molecular formula is C27H32N4O4. The molecule has 4 fully saturated rings. The van der Waals surface area contributed by atoms with E-state index in [1.165, 1.54) is 0 Å². The molecule has 2 saturated heterocycles. The first-order chi connectivity index (χ1) is 17.0. The van der Waals surface area contributed by atoms with Gasteiger partial charge in [-0.1, -0.05) is 6.42 Å². The number of hydrogen-bond donors (Lipinski definition) is 1. The molecule has 4 aliphatic rings. The summed E-state index contributed by atoms with van der Waals surface area (Å²) in [5.74, 6) is -0.437. The second kappa shape index (κ2) is 8.50.